The van der Waals surface area contributed by atoms with Crippen molar-refractivity contribution < 1.29 is 14.4 Å². The number of fused-ring (bicyclic) bond motifs is 1. The van der Waals surface area contributed by atoms with Gasteiger partial charge in [-0.2, -0.15) is 5.10 Å². The van der Waals surface area contributed by atoms with Crippen molar-refractivity contribution in [1.29, 1.82) is 0 Å². The second kappa shape index (κ2) is 5.84. The normalized spacial score (nSPS) is 19.9. The third-order valence-corrected chi connectivity index (χ3v) is 4.78. The molecule has 1 fully saturated rings. The first-order valence-electron chi connectivity index (χ1n) is 7.88. The highest BCUT2D eigenvalue weighted by Crippen LogP contribution is 2.38. The molecule has 0 amide bonds. The number of aromatic amines is 1. The molecule has 0 radical (unpaired) electrons. The minimum atomic E-state index is -0.604. The van der Waals surface area contributed by atoms with E-state index in [4.69, 9.17) is 9.31 Å². The fraction of sp³-hybridized carbons (Fsp3) is 0.412. The molecule has 0 saturated carbocycles. The Hall–Kier alpha value is -1.96. The van der Waals surface area contributed by atoms with Crippen LogP contribution in [0.15, 0.2) is 34.7 Å². The number of nitrogens with zero attached hydrogens (tertiary/aromatic N) is 1. The summed E-state index contributed by atoms with van der Waals surface area (Å²) < 4.78 is 12.0. The maximum Gasteiger partial charge on any atom is 0.492 e. The summed E-state index contributed by atoms with van der Waals surface area (Å²) in [6.07, 6.45) is 3.42. The van der Waals surface area contributed by atoms with Gasteiger partial charge in [0, 0.05) is 5.39 Å². The SMILES string of the molecule is CC1(C)OB(C(=Cc2ccc3c(=O)[nH]ncc3c2)CO)OC1(C)C. The Kier molecular flexibility index (Phi) is 4.11. The molecular formula is C17H21BN2O4. The zero-order valence-electron chi connectivity index (χ0n) is 14.3. The van der Waals surface area contributed by atoms with Crippen molar-refractivity contribution in [1.82, 2.24) is 10.2 Å². The summed E-state index contributed by atoms with van der Waals surface area (Å²) in [6.45, 7) is 7.69. The number of aliphatic hydroxyl groups is 1. The van der Waals surface area contributed by atoms with Crippen LogP contribution in [0.3, 0.4) is 0 Å². The lowest BCUT2D eigenvalue weighted by molar-refractivity contribution is 0.00578. The fourth-order valence-corrected chi connectivity index (χ4v) is 2.60. The molecule has 0 unspecified atom stereocenters. The highest BCUT2D eigenvalue weighted by molar-refractivity contribution is 6.55. The molecule has 2 aromatic rings. The Morgan fingerprint density at radius 2 is 1.96 bits per heavy atom. The summed E-state index contributed by atoms with van der Waals surface area (Å²) in [5.41, 5.74) is 0.315. The van der Waals surface area contributed by atoms with Gasteiger partial charge in [-0.25, -0.2) is 5.10 Å². The van der Waals surface area contributed by atoms with E-state index >= 15 is 0 Å². The second-order valence-electron chi connectivity index (χ2n) is 7.01. The fourth-order valence-electron chi connectivity index (χ4n) is 2.60. The zero-order chi connectivity index (χ0) is 17.5. The van der Waals surface area contributed by atoms with E-state index in [0.717, 1.165) is 10.9 Å². The van der Waals surface area contributed by atoms with Gasteiger partial charge in [-0.3, -0.25) is 4.79 Å². The lowest BCUT2D eigenvalue weighted by Gasteiger charge is -2.32. The number of rotatable bonds is 3. The van der Waals surface area contributed by atoms with Crippen LogP contribution in [0.5, 0.6) is 0 Å². The van der Waals surface area contributed by atoms with Crippen LogP contribution < -0.4 is 5.56 Å². The van der Waals surface area contributed by atoms with E-state index < -0.39 is 18.3 Å². The van der Waals surface area contributed by atoms with E-state index in [1.807, 2.05) is 45.9 Å². The standard InChI is InChI=1S/C17H21BN2O4/c1-16(2)17(3,4)24-18(23-16)13(10-21)8-11-5-6-14-12(7-11)9-19-20-15(14)22/h5-9,21H,10H2,1-4H3,(H,20,22). The van der Waals surface area contributed by atoms with Gasteiger partial charge in [0.2, 0.25) is 0 Å². The van der Waals surface area contributed by atoms with Crippen LogP contribution in [0.2, 0.25) is 0 Å². The quantitative estimate of drug-likeness (QED) is 0.841. The van der Waals surface area contributed by atoms with E-state index in [9.17, 15) is 9.90 Å². The van der Waals surface area contributed by atoms with Crippen molar-refractivity contribution >= 4 is 24.0 Å². The van der Waals surface area contributed by atoms with Gasteiger partial charge in [0.15, 0.2) is 0 Å². The predicted molar refractivity (Wildman–Crippen MR) is 93.5 cm³/mol. The predicted octanol–water partition coefficient (Wildman–Crippen LogP) is 1.93. The van der Waals surface area contributed by atoms with E-state index in [-0.39, 0.29) is 12.2 Å². The monoisotopic (exact) mass is 328 g/mol. The van der Waals surface area contributed by atoms with Crippen molar-refractivity contribution in [2.75, 3.05) is 6.61 Å². The molecule has 0 aliphatic carbocycles. The van der Waals surface area contributed by atoms with Gasteiger partial charge < -0.3 is 14.4 Å². The van der Waals surface area contributed by atoms with Crippen molar-refractivity contribution in [3.63, 3.8) is 0 Å². The Morgan fingerprint density at radius 3 is 2.58 bits per heavy atom. The van der Waals surface area contributed by atoms with E-state index in [1.54, 1.807) is 12.3 Å². The highest BCUT2D eigenvalue weighted by Gasteiger charge is 2.52. The molecule has 3 rings (SSSR count). The average Bonchev–Trinajstić information content (AvgIpc) is 2.73. The van der Waals surface area contributed by atoms with Crippen LogP contribution in [0.25, 0.3) is 16.8 Å². The van der Waals surface area contributed by atoms with Crippen LogP contribution in [-0.2, 0) is 9.31 Å². The van der Waals surface area contributed by atoms with Gasteiger partial charge in [0.05, 0.1) is 29.4 Å². The number of benzene rings is 1. The summed E-state index contributed by atoms with van der Waals surface area (Å²) >= 11 is 0. The van der Waals surface area contributed by atoms with E-state index in [1.165, 1.54) is 0 Å². The smallest absolute Gasteiger partial charge is 0.400 e. The number of aromatic nitrogens is 2. The molecule has 1 aliphatic heterocycles. The molecule has 0 atom stereocenters. The number of aliphatic hydroxyl groups excluding tert-OH is 1. The molecule has 2 heterocycles. The summed E-state index contributed by atoms with van der Waals surface area (Å²) in [5.74, 6) is 0. The molecule has 0 spiro atoms. The van der Waals surface area contributed by atoms with Gasteiger partial charge >= 0.3 is 7.12 Å². The molecule has 126 valence electrons. The van der Waals surface area contributed by atoms with Crippen molar-refractivity contribution in [3.05, 3.63) is 45.8 Å². The van der Waals surface area contributed by atoms with E-state index in [0.29, 0.717) is 10.9 Å². The Balaban J connectivity index is 1.96. The topological polar surface area (TPSA) is 84.4 Å². The summed E-state index contributed by atoms with van der Waals surface area (Å²) in [4.78, 5) is 11.7. The van der Waals surface area contributed by atoms with Gasteiger partial charge in [0.1, 0.15) is 0 Å². The first-order valence-corrected chi connectivity index (χ1v) is 7.88. The zero-order valence-corrected chi connectivity index (χ0v) is 14.3. The molecule has 0 bridgehead atoms. The van der Waals surface area contributed by atoms with Gasteiger partial charge in [0.25, 0.3) is 5.56 Å². The number of H-pyrrole nitrogens is 1. The van der Waals surface area contributed by atoms with Crippen molar-refractivity contribution in [2.24, 2.45) is 0 Å². The minimum Gasteiger partial charge on any atom is -0.400 e. The molecular weight excluding hydrogens is 307 g/mol. The molecule has 1 aromatic heterocycles. The third kappa shape index (κ3) is 2.90. The van der Waals surface area contributed by atoms with Gasteiger partial charge in [-0.05, 0) is 50.9 Å². The summed E-state index contributed by atoms with van der Waals surface area (Å²) in [5, 5.41) is 17.3. The lowest BCUT2D eigenvalue weighted by atomic mass is 9.77. The van der Waals surface area contributed by atoms with Crippen LogP contribution in [0.1, 0.15) is 33.3 Å². The Bertz CT molecular complexity index is 841. The van der Waals surface area contributed by atoms with Crippen LogP contribution in [-0.4, -0.2) is 40.2 Å². The Labute approximate surface area is 140 Å². The molecule has 1 aromatic carbocycles. The third-order valence-electron chi connectivity index (χ3n) is 4.78. The number of hydrogen-bond donors (Lipinski definition) is 2. The summed E-state index contributed by atoms with van der Waals surface area (Å²) in [6, 6.07) is 5.40. The maximum absolute atomic E-state index is 11.7. The van der Waals surface area contributed by atoms with E-state index in [2.05, 4.69) is 10.2 Å². The van der Waals surface area contributed by atoms with Crippen LogP contribution in [0.4, 0.5) is 0 Å². The molecule has 1 saturated heterocycles. The molecule has 1 aliphatic rings. The van der Waals surface area contributed by atoms with Gasteiger partial charge in [-0.15, -0.1) is 0 Å². The van der Waals surface area contributed by atoms with Crippen molar-refractivity contribution in [2.45, 2.75) is 38.9 Å². The second-order valence-corrected chi connectivity index (χ2v) is 7.01. The summed E-state index contributed by atoms with van der Waals surface area (Å²) in [7, 11) is -0.604. The molecule has 2 N–H and O–H groups in total. The maximum atomic E-state index is 11.7. The number of nitrogens with one attached hydrogen (secondary N) is 1. The van der Waals surface area contributed by atoms with Crippen LogP contribution >= 0.6 is 0 Å². The first kappa shape index (κ1) is 16.9. The minimum absolute atomic E-state index is 0.178. The number of hydrogen-bond acceptors (Lipinski definition) is 5. The average molecular weight is 328 g/mol. The first-order chi connectivity index (χ1) is 11.2. The van der Waals surface area contributed by atoms with Gasteiger partial charge in [-0.1, -0.05) is 12.1 Å². The van der Waals surface area contributed by atoms with Crippen LogP contribution in [0, 0.1) is 0 Å². The molecule has 7 heteroatoms. The molecule has 24 heavy (non-hydrogen) atoms. The largest absolute Gasteiger partial charge is 0.492 e. The lowest BCUT2D eigenvalue weighted by Crippen LogP contribution is -2.41. The highest BCUT2D eigenvalue weighted by atomic mass is 16.7. The molecule has 6 nitrogen and oxygen atoms in total. The van der Waals surface area contributed by atoms with Crippen molar-refractivity contribution in [3.8, 4) is 0 Å². The Morgan fingerprint density at radius 1 is 1.29 bits per heavy atom.